The van der Waals surface area contributed by atoms with Crippen LogP contribution < -0.4 is 0 Å². The molecule has 0 fully saturated rings. The predicted molar refractivity (Wildman–Crippen MR) is 323 cm³/mol. The van der Waals surface area contributed by atoms with Crippen LogP contribution in [0.15, 0.2) is 97.1 Å². The van der Waals surface area contributed by atoms with Crippen molar-refractivity contribution in [3.05, 3.63) is 162 Å². The molecule has 0 aliphatic heterocycles. The Morgan fingerprint density at radius 2 is 0.547 bits per heavy atom. The minimum absolute atomic E-state index is 1.10. The average Bonchev–Trinajstić information content (AvgIpc) is 3.41. The third-order valence-corrected chi connectivity index (χ3v) is 16.5. The molecule has 0 saturated heterocycles. The summed E-state index contributed by atoms with van der Waals surface area (Å²) >= 11 is 0. The first-order chi connectivity index (χ1) is 36.6. The number of rotatable bonds is 30. The second-order valence-electron chi connectivity index (χ2n) is 21.2. The Morgan fingerprint density at radius 3 is 0.773 bits per heavy atom. The van der Waals surface area contributed by atoms with Crippen LogP contribution in [0.1, 0.15) is 203 Å². The quantitative estimate of drug-likeness (QED) is 0.0337. The Labute approximate surface area is 455 Å². The van der Waals surface area contributed by atoms with Gasteiger partial charge in [-0.3, -0.25) is 0 Å². The summed E-state index contributed by atoms with van der Waals surface area (Å²) in [7, 11) is -5.22. The van der Waals surface area contributed by atoms with E-state index in [0.717, 1.165) is 51.4 Å². The molecular formula is C68H92O5P2. The lowest BCUT2D eigenvalue weighted by atomic mass is 9.73. The van der Waals surface area contributed by atoms with Crippen molar-refractivity contribution < 1.29 is 23.9 Å². The summed E-state index contributed by atoms with van der Waals surface area (Å²) in [5, 5.41) is 5.81. The van der Waals surface area contributed by atoms with Gasteiger partial charge in [0.2, 0.25) is 0 Å². The van der Waals surface area contributed by atoms with Crippen LogP contribution in [0.2, 0.25) is 0 Å². The minimum Gasteiger partial charge on any atom is -0.328 e. The zero-order valence-corrected chi connectivity index (χ0v) is 49.1. The molecule has 0 amide bonds. The molecule has 7 heteroatoms. The number of hydrogen-bond acceptors (Lipinski definition) is 5. The van der Waals surface area contributed by atoms with Crippen molar-refractivity contribution in [3.8, 4) is 44.5 Å². The second kappa shape index (κ2) is 31.4. The second-order valence-corrected chi connectivity index (χ2v) is 22.8. The van der Waals surface area contributed by atoms with Crippen molar-refractivity contribution in [2.24, 2.45) is 0 Å². The van der Waals surface area contributed by atoms with Crippen molar-refractivity contribution >= 4 is 17.2 Å². The van der Waals surface area contributed by atoms with Gasteiger partial charge in [-0.15, -0.1) is 0 Å². The van der Waals surface area contributed by atoms with Gasteiger partial charge in [-0.1, -0.05) is 204 Å². The standard InChI is InChI=1S/C68H88.H4O5P2/c1-9-17-27-49-37-41-57(53(45-49)31-21-13-5)63-64(58-42-38-50(28-18-10-2)46-54(58)32-22-14-6)66(60-44-40-52(30-20-12-4)48-56(60)34-24-16-8)68-62-36-26-25-35-61(62)67(68)65(63)59-43-39-51(29-19-11-3)47-55(59)33-23-15-7;1-6(2)5-7(3)4/h25-26,35-48H,9-24,27-34H2,1-8H3;1-4H. The van der Waals surface area contributed by atoms with E-state index in [4.69, 9.17) is 19.6 Å². The van der Waals surface area contributed by atoms with Crippen LogP contribution in [0, 0.1) is 20.9 Å². The predicted octanol–water partition coefficient (Wildman–Crippen LogP) is 19.4. The Morgan fingerprint density at radius 1 is 0.307 bits per heavy atom. The lowest BCUT2D eigenvalue weighted by Crippen LogP contribution is -2.09. The Balaban J connectivity index is 0.00000122. The fourth-order valence-corrected chi connectivity index (χ4v) is 11.8. The fourth-order valence-electron chi connectivity index (χ4n) is 11.3. The molecule has 5 nitrogen and oxygen atoms in total. The molecule has 6 aromatic rings. The highest BCUT2D eigenvalue weighted by atomic mass is 31.2. The highest BCUT2D eigenvalue weighted by Crippen LogP contribution is 2.52. The maximum Gasteiger partial charge on any atom is 0.334 e. The van der Waals surface area contributed by atoms with E-state index < -0.39 is 17.2 Å². The maximum absolute atomic E-state index is 7.82. The first kappa shape index (κ1) is 60.2. The van der Waals surface area contributed by atoms with Crippen LogP contribution in [0.5, 0.6) is 0 Å². The SMILES string of the molecule is CCCCc1ccc(-c2c(-c3ccc(CCCC)cc3CCCC)c(-c3ccc(CCCC)cc3CCCC)c3c(c2-c2ccc(CCCC)cc2CCCC)=c2ccccc2=3)c(CCCC)c1.OP(O)OP(O)O. The van der Waals surface area contributed by atoms with E-state index in [1.54, 1.807) is 0 Å². The number of fused-ring (bicyclic) bond motifs is 2. The number of hydrogen-bond donors (Lipinski definition) is 4. The molecule has 0 aromatic heterocycles. The van der Waals surface area contributed by atoms with Crippen LogP contribution in [-0.2, 0) is 55.7 Å². The number of benzene rings is 6. The molecule has 4 N–H and O–H groups in total. The first-order valence-electron chi connectivity index (χ1n) is 29.4. The van der Waals surface area contributed by atoms with E-state index in [1.165, 1.54) is 213 Å². The van der Waals surface area contributed by atoms with Gasteiger partial charge in [0.1, 0.15) is 0 Å². The molecular weight excluding hydrogens is 959 g/mol. The molecule has 0 atom stereocenters. The monoisotopic (exact) mass is 1050 g/mol. The summed E-state index contributed by atoms with van der Waals surface area (Å²) in [6.45, 7) is 18.8. The van der Waals surface area contributed by atoms with Crippen molar-refractivity contribution in [3.63, 3.8) is 0 Å². The third kappa shape index (κ3) is 15.8. The molecule has 75 heavy (non-hydrogen) atoms. The van der Waals surface area contributed by atoms with Gasteiger partial charge in [-0.05, 0) is 213 Å². The summed E-state index contributed by atoms with van der Waals surface area (Å²) in [6.07, 6.45) is 28.3. The smallest absolute Gasteiger partial charge is 0.328 e. The molecule has 1 aliphatic rings. The molecule has 0 saturated carbocycles. The van der Waals surface area contributed by atoms with Gasteiger partial charge in [-0.25, -0.2) is 4.31 Å². The van der Waals surface area contributed by atoms with Gasteiger partial charge in [0.05, 0.1) is 0 Å². The van der Waals surface area contributed by atoms with Crippen LogP contribution >= 0.6 is 17.2 Å². The van der Waals surface area contributed by atoms with E-state index in [9.17, 15) is 0 Å². The van der Waals surface area contributed by atoms with Gasteiger partial charge in [0, 0.05) is 0 Å². The molecule has 0 unspecified atom stereocenters. The summed E-state index contributed by atoms with van der Waals surface area (Å²) < 4.78 is 3.60. The van der Waals surface area contributed by atoms with E-state index in [0.29, 0.717) is 0 Å². The van der Waals surface area contributed by atoms with E-state index >= 15 is 0 Å². The van der Waals surface area contributed by atoms with Crippen molar-refractivity contribution in [1.82, 2.24) is 0 Å². The summed E-state index contributed by atoms with van der Waals surface area (Å²) in [4.78, 5) is 31.3. The van der Waals surface area contributed by atoms with Gasteiger partial charge in [0.25, 0.3) is 0 Å². The molecule has 0 bridgehead atoms. The highest BCUT2D eigenvalue weighted by molar-refractivity contribution is 7.53. The Bertz CT molecular complexity index is 2750. The molecule has 404 valence electrons. The normalized spacial score (nSPS) is 11.7. The van der Waals surface area contributed by atoms with Crippen LogP contribution in [0.25, 0.3) is 44.5 Å². The van der Waals surface area contributed by atoms with E-state index in [2.05, 4.69) is 157 Å². The van der Waals surface area contributed by atoms with Crippen LogP contribution in [-0.4, -0.2) is 19.6 Å². The van der Waals surface area contributed by atoms with Gasteiger partial charge >= 0.3 is 17.2 Å². The molecule has 0 radical (unpaired) electrons. The zero-order valence-electron chi connectivity index (χ0n) is 47.3. The molecule has 6 aromatic carbocycles. The number of aryl methyl sites for hydroxylation is 8. The summed E-state index contributed by atoms with van der Waals surface area (Å²) in [5.74, 6) is 0. The lowest BCUT2D eigenvalue weighted by molar-refractivity contribution is 0.324. The van der Waals surface area contributed by atoms with Crippen molar-refractivity contribution in [1.29, 1.82) is 0 Å². The van der Waals surface area contributed by atoms with Gasteiger partial charge in [-0.2, -0.15) is 0 Å². The summed E-state index contributed by atoms with van der Waals surface area (Å²) in [6, 6.07) is 40.5. The maximum atomic E-state index is 7.82. The van der Waals surface area contributed by atoms with E-state index in [1.807, 2.05) is 0 Å². The molecule has 0 heterocycles. The third-order valence-electron chi connectivity index (χ3n) is 15.3. The fraction of sp³-hybridized carbons (Fsp3) is 0.471. The lowest BCUT2D eigenvalue weighted by Gasteiger charge is -2.29. The summed E-state index contributed by atoms with van der Waals surface area (Å²) in [5.41, 5.74) is 23.9. The molecule has 1 aliphatic carbocycles. The molecule has 7 rings (SSSR count). The topological polar surface area (TPSA) is 90.2 Å². The molecule has 0 spiro atoms. The Kier molecular flexibility index (Phi) is 25.2. The first-order valence-corrected chi connectivity index (χ1v) is 31.8. The van der Waals surface area contributed by atoms with Gasteiger partial charge < -0.3 is 19.6 Å². The van der Waals surface area contributed by atoms with E-state index in [-0.39, 0.29) is 0 Å². The largest absolute Gasteiger partial charge is 0.334 e. The minimum atomic E-state index is -2.61. The number of unbranched alkanes of at least 4 members (excludes halogenated alkanes) is 8. The zero-order chi connectivity index (χ0) is 53.7. The van der Waals surface area contributed by atoms with Crippen LogP contribution in [0.4, 0.5) is 0 Å². The Hall–Kier alpha value is -4.02. The average molecular weight is 1050 g/mol. The highest BCUT2D eigenvalue weighted by Gasteiger charge is 2.30. The van der Waals surface area contributed by atoms with Crippen LogP contribution in [0.3, 0.4) is 0 Å². The van der Waals surface area contributed by atoms with Gasteiger partial charge in [0.15, 0.2) is 0 Å². The van der Waals surface area contributed by atoms with Crippen molar-refractivity contribution in [2.45, 2.75) is 209 Å². The van der Waals surface area contributed by atoms with Crippen molar-refractivity contribution in [2.75, 3.05) is 0 Å².